The summed E-state index contributed by atoms with van der Waals surface area (Å²) in [4.78, 5) is 15.2. The Balaban J connectivity index is 1.62. The van der Waals surface area contributed by atoms with E-state index in [4.69, 9.17) is 0 Å². The number of hydrogen-bond donors (Lipinski definition) is 2. The van der Waals surface area contributed by atoms with Gasteiger partial charge in [0.05, 0.1) is 0 Å². The van der Waals surface area contributed by atoms with Crippen molar-refractivity contribution in [2.75, 3.05) is 0 Å². The number of aromatic nitrogens is 1. The van der Waals surface area contributed by atoms with Crippen LogP contribution < -0.4 is 5.32 Å². The molecule has 0 fully saturated rings. The highest BCUT2D eigenvalue weighted by Crippen LogP contribution is 2.36. The maximum Gasteiger partial charge on any atom is 0.446 e. The number of benzene rings is 2. The molecule has 2 N–H and O–H groups in total. The first kappa shape index (κ1) is 16.4. The largest absolute Gasteiger partial charge is 0.446 e. The maximum atomic E-state index is 12.3. The molecule has 7 heteroatoms. The van der Waals surface area contributed by atoms with Crippen molar-refractivity contribution in [1.29, 1.82) is 0 Å². The Hall–Kier alpha value is -2.41. The van der Waals surface area contributed by atoms with Gasteiger partial charge in [0.1, 0.15) is 0 Å². The molecule has 0 aliphatic carbocycles. The lowest BCUT2D eigenvalue weighted by Crippen LogP contribution is -2.22. The Morgan fingerprint density at radius 3 is 2.54 bits per heavy atom. The quantitative estimate of drug-likeness (QED) is 0.670. The molecule has 0 spiro atoms. The Kier molecular flexibility index (Phi) is 4.53. The Morgan fingerprint density at radius 1 is 1.08 bits per heavy atom. The van der Waals surface area contributed by atoms with Crippen LogP contribution in [0.5, 0.6) is 0 Å². The van der Waals surface area contributed by atoms with E-state index in [0.29, 0.717) is 12.1 Å². The molecule has 1 aromatic heterocycles. The number of amides is 1. The zero-order chi connectivity index (χ0) is 17.2. The zero-order valence-corrected chi connectivity index (χ0v) is 13.2. The van der Waals surface area contributed by atoms with Gasteiger partial charge in [-0.3, -0.25) is 4.79 Å². The number of halogens is 3. The van der Waals surface area contributed by atoms with E-state index >= 15 is 0 Å². The SMILES string of the molecule is O=C(NCc1ccc2cc[nH]c2c1)c1ccc(SC(F)(F)F)cc1. The lowest BCUT2D eigenvalue weighted by atomic mass is 10.1. The monoisotopic (exact) mass is 350 g/mol. The number of fused-ring (bicyclic) bond motifs is 1. The summed E-state index contributed by atoms with van der Waals surface area (Å²) in [6.45, 7) is 0.340. The van der Waals surface area contributed by atoms with Gasteiger partial charge in [0, 0.05) is 28.7 Å². The Labute approximate surface area is 140 Å². The van der Waals surface area contributed by atoms with Crippen LogP contribution in [0.15, 0.2) is 59.6 Å². The first-order valence-corrected chi connectivity index (χ1v) is 7.92. The first-order valence-electron chi connectivity index (χ1n) is 7.11. The van der Waals surface area contributed by atoms with Crippen molar-refractivity contribution in [2.45, 2.75) is 16.9 Å². The van der Waals surface area contributed by atoms with Gasteiger partial charge in [-0.1, -0.05) is 12.1 Å². The molecule has 124 valence electrons. The number of carbonyl (C=O) groups excluding carboxylic acids is 1. The van der Waals surface area contributed by atoms with E-state index in [0.717, 1.165) is 16.5 Å². The molecule has 3 rings (SSSR count). The standard InChI is InChI=1S/C17H13F3N2OS/c18-17(19,20)24-14-5-3-13(4-6-14)16(23)22-10-11-1-2-12-7-8-21-15(12)9-11/h1-9,21H,10H2,(H,22,23). The summed E-state index contributed by atoms with van der Waals surface area (Å²) in [6.07, 6.45) is 1.84. The molecular formula is C17H13F3N2OS. The molecule has 2 aromatic carbocycles. The molecule has 3 aromatic rings. The van der Waals surface area contributed by atoms with Gasteiger partial charge >= 0.3 is 5.51 Å². The van der Waals surface area contributed by atoms with Crippen molar-refractivity contribution in [1.82, 2.24) is 10.3 Å². The molecule has 3 nitrogen and oxygen atoms in total. The average Bonchev–Trinajstić information content (AvgIpc) is 2.99. The van der Waals surface area contributed by atoms with E-state index in [-0.39, 0.29) is 22.6 Å². The molecule has 0 saturated heterocycles. The average molecular weight is 350 g/mol. The molecule has 0 aliphatic heterocycles. The number of rotatable bonds is 4. The molecule has 24 heavy (non-hydrogen) atoms. The van der Waals surface area contributed by atoms with Gasteiger partial charge < -0.3 is 10.3 Å². The minimum absolute atomic E-state index is 0.0521. The van der Waals surface area contributed by atoms with E-state index in [1.165, 1.54) is 24.3 Å². The maximum absolute atomic E-state index is 12.3. The number of thioether (sulfide) groups is 1. The van der Waals surface area contributed by atoms with Crippen LogP contribution in [0.3, 0.4) is 0 Å². The normalized spacial score (nSPS) is 11.6. The smallest absolute Gasteiger partial charge is 0.361 e. The predicted octanol–water partition coefficient (Wildman–Crippen LogP) is 4.71. The van der Waals surface area contributed by atoms with Gasteiger partial charge in [-0.25, -0.2) is 0 Å². The summed E-state index contributed by atoms with van der Waals surface area (Å²) < 4.78 is 36.8. The van der Waals surface area contributed by atoms with Crippen molar-refractivity contribution in [3.8, 4) is 0 Å². The van der Waals surface area contributed by atoms with Crippen molar-refractivity contribution in [2.24, 2.45) is 0 Å². The number of aromatic amines is 1. The van der Waals surface area contributed by atoms with Gasteiger partial charge in [0.15, 0.2) is 0 Å². The van der Waals surface area contributed by atoms with Crippen molar-refractivity contribution in [3.63, 3.8) is 0 Å². The highest BCUT2D eigenvalue weighted by Gasteiger charge is 2.29. The van der Waals surface area contributed by atoms with Gasteiger partial charge in [0.25, 0.3) is 5.91 Å². The first-order chi connectivity index (χ1) is 11.4. The molecule has 0 aliphatic rings. The van der Waals surface area contributed by atoms with Crippen LogP contribution in [-0.2, 0) is 6.54 Å². The van der Waals surface area contributed by atoms with Crippen molar-refractivity contribution < 1.29 is 18.0 Å². The fourth-order valence-corrected chi connectivity index (χ4v) is 2.84. The Morgan fingerprint density at radius 2 is 1.83 bits per heavy atom. The van der Waals surface area contributed by atoms with Crippen molar-refractivity contribution >= 4 is 28.6 Å². The molecule has 0 radical (unpaired) electrons. The Bertz CT molecular complexity index is 856. The van der Waals surface area contributed by atoms with Crippen LogP contribution in [0.2, 0.25) is 0 Å². The topological polar surface area (TPSA) is 44.9 Å². The van der Waals surface area contributed by atoms with Crippen LogP contribution in [0.1, 0.15) is 15.9 Å². The zero-order valence-electron chi connectivity index (χ0n) is 12.4. The summed E-state index contributed by atoms with van der Waals surface area (Å²) in [7, 11) is 0. The summed E-state index contributed by atoms with van der Waals surface area (Å²) in [5, 5.41) is 3.84. The van der Waals surface area contributed by atoms with Gasteiger partial charge in [-0.05, 0) is 59.1 Å². The van der Waals surface area contributed by atoms with Gasteiger partial charge in [-0.15, -0.1) is 0 Å². The summed E-state index contributed by atoms with van der Waals surface area (Å²) in [5.41, 5.74) is -2.10. The fraction of sp³-hybridized carbons (Fsp3) is 0.118. The van der Waals surface area contributed by atoms with E-state index in [1.807, 2.05) is 30.5 Å². The summed E-state index contributed by atoms with van der Waals surface area (Å²) in [5.74, 6) is -0.329. The summed E-state index contributed by atoms with van der Waals surface area (Å²) >= 11 is -0.202. The van der Waals surface area contributed by atoms with E-state index in [1.54, 1.807) is 0 Å². The second-order valence-corrected chi connectivity index (χ2v) is 6.29. The third-order valence-electron chi connectivity index (χ3n) is 3.42. The number of carbonyl (C=O) groups is 1. The van der Waals surface area contributed by atoms with Crippen molar-refractivity contribution in [3.05, 3.63) is 65.9 Å². The fourth-order valence-electron chi connectivity index (χ4n) is 2.30. The lowest BCUT2D eigenvalue weighted by Gasteiger charge is -2.08. The molecule has 0 bridgehead atoms. The minimum atomic E-state index is -4.33. The van der Waals surface area contributed by atoms with Crippen LogP contribution in [0, 0.1) is 0 Å². The van der Waals surface area contributed by atoms with E-state index < -0.39 is 5.51 Å². The third-order valence-corrected chi connectivity index (χ3v) is 4.16. The molecule has 1 heterocycles. The molecule has 0 saturated carbocycles. The molecule has 1 amide bonds. The van der Waals surface area contributed by atoms with E-state index in [9.17, 15) is 18.0 Å². The molecule has 0 atom stereocenters. The number of H-pyrrole nitrogens is 1. The highest BCUT2D eigenvalue weighted by molar-refractivity contribution is 8.00. The van der Waals surface area contributed by atoms with Crippen LogP contribution in [0.4, 0.5) is 13.2 Å². The van der Waals surface area contributed by atoms with Crippen LogP contribution >= 0.6 is 11.8 Å². The summed E-state index contributed by atoms with van der Waals surface area (Å²) in [6, 6.07) is 13.1. The molecule has 0 unspecified atom stereocenters. The van der Waals surface area contributed by atoms with Gasteiger partial charge in [-0.2, -0.15) is 13.2 Å². The minimum Gasteiger partial charge on any atom is -0.361 e. The second kappa shape index (κ2) is 6.60. The van der Waals surface area contributed by atoms with E-state index in [2.05, 4.69) is 10.3 Å². The van der Waals surface area contributed by atoms with Gasteiger partial charge in [0.2, 0.25) is 0 Å². The number of nitrogens with one attached hydrogen (secondary N) is 2. The molecular weight excluding hydrogens is 337 g/mol. The lowest BCUT2D eigenvalue weighted by molar-refractivity contribution is -0.0328. The van der Waals surface area contributed by atoms with Crippen LogP contribution in [-0.4, -0.2) is 16.4 Å². The van der Waals surface area contributed by atoms with Crippen LogP contribution in [0.25, 0.3) is 10.9 Å². The third kappa shape index (κ3) is 4.11. The number of hydrogen-bond acceptors (Lipinski definition) is 2. The predicted molar refractivity (Wildman–Crippen MR) is 87.8 cm³/mol. The highest BCUT2D eigenvalue weighted by atomic mass is 32.2. The second-order valence-electron chi connectivity index (χ2n) is 5.15. The number of alkyl halides is 3.